The van der Waals surface area contributed by atoms with Gasteiger partial charge in [0.25, 0.3) is 0 Å². The summed E-state index contributed by atoms with van der Waals surface area (Å²) in [5, 5.41) is 8.44. The molecule has 0 aromatic heterocycles. The van der Waals surface area contributed by atoms with Gasteiger partial charge in [0, 0.05) is 18.7 Å². The molecule has 4 heteroatoms. The summed E-state index contributed by atoms with van der Waals surface area (Å²) >= 11 is 0. The smallest absolute Gasteiger partial charge is 0.201 e. The van der Waals surface area contributed by atoms with Gasteiger partial charge in [-0.1, -0.05) is 90.4 Å². The molecule has 0 bridgehead atoms. The zero-order chi connectivity index (χ0) is 17.2. The first kappa shape index (κ1) is 22.7. The fourth-order valence-electron chi connectivity index (χ4n) is 2.89. The van der Waals surface area contributed by atoms with Crippen molar-refractivity contribution in [1.29, 1.82) is 5.26 Å². The third-order valence-electron chi connectivity index (χ3n) is 4.43. The van der Waals surface area contributed by atoms with E-state index in [1.54, 1.807) is 0 Å². The molecular weight excluding hydrogens is 305 g/mol. The molecule has 0 radical (unpaired) electrons. The van der Waals surface area contributed by atoms with Crippen LogP contribution < -0.4 is 0 Å². The summed E-state index contributed by atoms with van der Waals surface area (Å²) in [6.45, 7) is 2.26. The summed E-state index contributed by atoms with van der Waals surface area (Å²) < 4.78 is 11.7. The third-order valence-corrected chi connectivity index (χ3v) is 6.37. The van der Waals surface area contributed by atoms with Crippen molar-refractivity contribution in [3.63, 3.8) is 0 Å². The zero-order valence-corrected chi connectivity index (χ0v) is 16.2. The van der Waals surface area contributed by atoms with Crippen LogP contribution in [0.1, 0.15) is 103 Å². The minimum absolute atomic E-state index is 0.169. The molecule has 0 amide bonds. The van der Waals surface area contributed by atoms with E-state index in [4.69, 9.17) is 5.26 Å². The Bertz CT molecular complexity index is 339. The largest absolute Gasteiger partial charge is 0.344 e. The van der Waals surface area contributed by atoms with Gasteiger partial charge in [0.2, 0.25) is 7.37 Å². The van der Waals surface area contributed by atoms with Crippen LogP contribution in [0, 0.1) is 11.3 Å². The topological polar surface area (TPSA) is 61.1 Å². The Morgan fingerprint density at radius 1 is 0.739 bits per heavy atom. The molecule has 0 aromatic carbocycles. The quantitative estimate of drug-likeness (QED) is 0.237. The SMILES string of the molecule is CCCCCCCCCCCCCCCCP(=O)(O)CCC#N. The molecule has 0 rings (SSSR count). The Hall–Kier alpha value is -0.320. The normalized spacial score (nSPS) is 13.6. The van der Waals surface area contributed by atoms with E-state index in [1.807, 2.05) is 6.07 Å². The molecule has 3 nitrogen and oxygen atoms in total. The van der Waals surface area contributed by atoms with Crippen molar-refractivity contribution in [3.05, 3.63) is 0 Å². The van der Waals surface area contributed by atoms with E-state index >= 15 is 0 Å². The van der Waals surface area contributed by atoms with Crippen molar-refractivity contribution >= 4 is 7.37 Å². The minimum Gasteiger partial charge on any atom is -0.344 e. The van der Waals surface area contributed by atoms with Crippen LogP contribution in [0.4, 0.5) is 0 Å². The van der Waals surface area contributed by atoms with Crippen LogP contribution in [0.2, 0.25) is 0 Å². The maximum atomic E-state index is 11.7. The fourth-order valence-corrected chi connectivity index (χ4v) is 4.28. The van der Waals surface area contributed by atoms with E-state index in [2.05, 4.69) is 6.92 Å². The molecule has 0 aliphatic rings. The first-order valence-electron chi connectivity index (χ1n) is 9.80. The summed E-state index contributed by atoms with van der Waals surface area (Å²) in [4.78, 5) is 9.64. The lowest BCUT2D eigenvalue weighted by molar-refractivity contribution is 0.473. The molecule has 0 saturated heterocycles. The molecule has 1 atom stereocenters. The second-order valence-corrected chi connectivity index (χ2v) is 9.38. The number of nitrogens with zero attached hydrogens (tertiary/aromatic N) is 1. The fraction of sp³-hybridized carbons (Fsp3) is 0.947. The molecule has 23 heavy (non-hydrogen) atoms. The van der Waals surface area contributed by atoms with E-state index in [0.29, 0.717) is 6.16 Å². The molecular formula is C19H38NO2P. The van der Waals surface area contributed by atoms with Gasteiger partial charge in [0.15, 0.2) is 0 Å². The van der Waals surface area contributed by atoms with Crippen molar-refractivity contribution in [1.82, 2.24) is 0 Å². The standard InChI is InChI=1S/C19H38NO2P/c1-2-3-4-5-6-7-8-9-10-11-12-13-14-15-18-23(21,22)19-16-17-20/h2-16,18-19H2,1H3,(H,21,22). The first-order chi connectivity index (χ1) is 11.1. The van der Waals surface area contributed by atoms with Gasteiger partial charge < -0.3 is 4.89 Å². The average Bonchev–Trinajstić information content (AvgIpc) is 2.53. The summed E-state index contributed by atoms with van der Waals surface area (Å²) in [5.74, 6) is 0. The van der Waals surface area contributed by atoms with Crippen LogP contribution in [0.5, 0.6) is 0 Å². The Labute approximate surface area is 144 Å². The number of nitriles is 1. The maximum Gasteiger partial charge on any atom is 0.201 e. The lowest BCUT2D eigenvalue weighted by atomic mass is 10.0. The number of unbranched alkanes of at least 4 members (excludes halogenated alkanes) is 13. The highest BCUT2D eigenvalue weighted by molar-refractivity contribution is 7.57. The van der Waals surface area contributed by atoms with Crippen molar-refractivity contribution in [3.8, 4) is 6.07 Å². The van der Waals surface area contributed by atoms with Crippen LogP contribution in [-0.2, 0) is 4.57 Å². The summed E-state index contributed by atoms with van der Waals surface area (Å²) in [5.41, 5.74) is 0. The molecule has 0 spiro atoms. The second-order valence-electron chi connectivity index (χ2n) is 6.80. The Kier molecular flexibility index (Phi) is 16.3. The second kappa shape index (κ2) is 16.5. The van der Waals surface area contributed by atoms with Gasteiger partial charge in [-0.3, -0.25) is 4.57 Å². The number of hydrogen-bond donors (Lipinski definition) is 1. The van der Waals surface area contributed by atoms with E-state index in [0.717, 1.165) is 12.8 Å². The molecule has 0 heterocycles. The van der Waals surface area contributed by atoms with Crippen molar-refractivity contribution < 1.29 is 9.46 Å². The van der Waals surface area contributed by atoms with Crippen molar-refractivity contribution in [2.45, 2.75) is 103 Å². The van der Waals surface area contributed by atoms with Gasteiger partial charge in [0.05, 0.1) is 6.07 Å². The molecule has 0 aromatic rings. The average molecular weight is 343 g/mol. The Morgan fingerprint density at radius 3 is 1.52 bits per heavy atom. The van der Waals surface area contributed by atoms with E-state index in [-0.39, 0.29) is 12.6 Å². The summed E-state index contributed by atoms with van der Waals surface area (Å²) in [6.07, 6.45) is 18.8. The first-order valence-corrected chi connectivity index (χ1v) is 11.8. The maximum absolute atomic E-state index is 11.7. The molecule has 136 valence electrons. The molecule has 0 saturated carbocycles. The van der Waals surface area contributed by atoms with Crippen molar-refractivity contribution in [2.75, 3.05) is 12.3 Å². The summed E-state index contributed by atoms with van der Waals surface area (Å²) in [6, 6.07) is 1.94. The lowest BCUT2D eigenvalue weighted by Crippen LogP contribution is -1.94. The third kappa shape index (κ3) is 17.9. The number of rotatable bonds is 17. The predicted octanol–water partition coefficient (Wildman–Crippen LogP) is 6.65. The molecule has 1 unspecified atom stereocenters. The molecule has 1 N–H and O–H groups in total. The Balaban J connectivity index is 3.19. The van der Waals surface area contributed by atoms with Crippen molar-refractivity contribution in [2.24, 2.45) is 0 Å². The molecule has 0 aliphatic carbocycles. The number of hydrogen-bond acceptors (Lipinski definition) is 2. The van der Waals surface area contributed by atoms with Crippen LogP contribution in [0.3, 0.4) is 0 Å². The van der Waals surface area contributed by atoms with Gasteiger partial charge in [0.1, 0.15) is 0 Å². The lowest BCUT2D eigenvalue weighted by Gasteiger charge is -2.09. The monoisotopic (exact) mass is 343 g/mol. The van der Waals surface area contributed by atoms with Crippen LogP contribution in [-0.4, -0.2) is 17.2 Å². The highest BCUT2D eigenvalue weighted by Crippen LogP contribution is 2.41. The predicted molar refractivity (Wildman–Crippen MR) is 100 cm³/mol. The van der Waals surface area contributed by atoms with E-state index in [9.17, 15) is 9.46 Å². The van der Waals surface area contributed by atoms with Crippen LogP contribution in [0.15, 0.2) is 0 Å². The van der Waals surface area contributed by atoms with Crippen LogP contribution in [0.25, 0.3) is 0 Å². The zero-order valence-electron chi connectivity index (χ0n) is 15.3. The van der Waals surface area contributed by atoms with Gasteiger partial charge in [-0.2, -0.15) is 5.26 Å². The highest BCUT2D eigenvalue weighted by atomic mass is 31.2. The molecule has 0 aliphatic heterocycles. The van der Waals surface area contributed by atoms with Gasteiger partial charge >= 0.3 is 0 Å². The summed E-state index contributed by atoms with van der Waals surface area (Å²) in [7, 11) is -3.02. The van der Waals surface area contributed by atoms with Gasteiger partial charge in [-0.05, 0) is 6.42 Å². The van der Waals surface area contributed by atoms with Gasteiger partial charge in [-0.15, -0.1) is 0 Å². The van der Waals surface area contributed by atoms with Gasteiger partial charge in [-0.25, -0.2) is 0 Å². The van der Waals surface area contributed by atoms with E-state index in [1.165, 1.54) is 77.0 Å². The van der Waals surface area contributed by atoms with Crippen LogP contribution >= 0.6 is 7.37 Å². The van der Waals surface area contributed by atoms with E-state index < -0.39 is 7.37 Å². The highest BCUT2D eigenvalue weighted by Gasteiger charge is 2.16. The molecule has 0 fully saturated rings. The Morgan fingerprint density at radius 2 is 1.13 bits per heavy atom. The minimum atomic E-state index is -3.02.